The van der Waals surface area contributed by atoms with Crippen molar-refractivity contribution < 1.29 is 14.7 Å². The van der Waals surface area contributed by atoms with E-state index >= 15 is 0 Å². The van der Waals surface area contributed by atoms with E-state index in [0.29, 0.717) is 18.4 Å². The summed E-state index contributed by atoms with van der Waals surface area (Å²) in [7, 11) is 0. The smallest absolute Gasteiger partial charge is 0.306 e. The molecule has 0 atom stereocenters. The van der Waals surface area contributed by atoms with Crippen molar-refractivity contribution >= 4 is 50.4 Å². The van der Waals surface area contributed by atoms with Crippen LogP contribution in [0.15, 0.2) is 22.7 Å². The van der Waals surface area contributed by atoms with E-state index in [1.54, 1.807) is 6.07 Å². The lowest BCUT2D eigenvalue weighted by Crippen LogP contribution is -2.39. The predicted molar refractivity (Wildman–Crippen MR) is 87.7 cm³/mol. The number of carbonyl (C=O) groups is 2. The fourth-order valence-electron chi connectivity index (χ4n) is 2.42. The molecule has 0 saturated heterocycles. The number of hydrogen-bond acceptors (Lipinski definition) is 2. The van der Waals surface area contributed by atoms with Gasteiger partial charge in [-0.25, -0.2) is 0 Å². The van der Waals surface area contributed by atoms with E-state index in [0.717, 1.165) is 20.9 Å². The molecule has 0 heterocycles. The van der Waals surface area contributed by atoms with Crippen molar-refractivity contribution in [2.75, 3.05) is 0 Å². The van der Waals surface area contributed by atoms with Gasteiger partial charge in [-0.15, -0.1) is 0 Å². The number of rotatable bonds is 3. The van der Waals surface area contributed by atoms with Gasteiger partial charge in [-0.1, -0.05) is 15.9 Å². The number of halogens is 2. The second-order valence-electron chi connectivity index (χ2n) is 4.98. The van der Waals surface area contributed by atoms with Crippen LogP contribution in [-0.4, -0.2) is 23.0 Å². The van der Waals surface area contributed by atoms with Crippen LogP contribution in [0.2, 0.25) is 0 Å². The molecule has 20 heavy (non-hydrogen) atoms. The third-order valence-electron chi connectivity index (χ3n) is 3.58. The van der Waals surface area contributed by atoms with Gasteiger partial charge in [0, 0.05) is 14.1 Å². The van der Waals surface area contributed by atoms with Crippen LogP contribution in [0.1, 0.15) is 36.0 Å². The van der Waals surface area contributed by atoms with E-state index in [-0.39, 0.29) is 17.9 Å². The fraction of sp³-hybridized carbons (Fsp3) is 0.429. The van der Waals surface area contributed by atoms with Crippen LogP contribution in [0.5, 0.6) is 0 Å². The summed E-state index contributed by atoms with van der Waals surface area (Å²) in [5.74, 6) is -1.07. The van der Waals surface area contributed by atoms with Crippen molar-refractivity contribution in [1.82, 2.24) is 5.32 Å². The Bertz CT molecular complexity index is 527. The molecular formula is C14H15BrINO3. The standard InChI is InChI=1S/C14H15BrINO3/c15-9-3-6-12(16)11(7-9)13(18)17-10-4-1-8(2-5-10)14(19)20/h3,6-8,10H,1-2,4-5H2,(H,17,18)(H,19,20). The van der Waals surface area contributed by atoms with E-state index in [1.807, 2.05) is 12.1 Å². The molecule has 0 bridgehead atoms. The van der Waals surface area contributed by atoms with Crippen molar-refractivity contribution in [3.63, 3.8) is 0 Å². The molecule has 0 aliphatic heterocycles. The van der Waals surface area contributed by atoms with Gasteiger partial charge in [0.05, 0.1) is 11.5 Å². The molecule has 1 fully saturated rings. The van der Waals surface area contributed by atoms with Crippen LogP contribution in [0.3, 0.4) is 0 Å². The monoisotopic (exact) mass is 451 g/mol. The van der Waals surface area contributed by atoms with Gasteiger partial charge in [0.2, 0.25) is 0 Å². The van der Waals surface area contributed by atoms with Gasteiger partial charge < -0.3 is 10.4 Å². The Labute approximate surface area is 139 Å². The minimum Gasteiger partial charge on any atom is -0.481 e. The van der Waals surface area contributed by atoms with Gasteiger partial charge in [0.25, 0.3) is 5.91 Å². The van der Waals surface area contributed by atoms with Crippen molar-refractivity contribution in [1.29, 1.82) is 0 Å². The van der Waals surface area contributed by atoms with Crippen molar-refractivity contribution in [2.24, 2.45) is 5.92 Å². The molecule has 2 rings (SSSR count). The summed E-state index contributed by atoms with van der Waals surface area (Å²) in [6, 6.07) is 5.67. The van der Waals surface area contributed by atoms with Crippen LogP contribution in [0, 0.1) is 9.49 Å². The van der Waals surface area contributed by atoms with Gasteiger partial charge in [0.15, 0.2) is 0 Å². The molecule has 1 aliphatic rings. The lowest BCUT2D eigenvalue weighted by atomic mass is 9.86. The zero-order valence-electron chi connectivity index (χ0n) is 10.7. The summed E-state index contributed by atoms with van der Waals surface area (Å²) in [6.45, 7) is 0. The molecule has 1 saturated carbocycles. The molecule has 0 radical (unpaired) electrons. The highest BCUT2D eigenvalue weighted by Crippen LogP contribution is 2.25. The number of carboxylic acids is 1. The summed E-state index contributed by atoms with van der Waals surface area (Å²) < 4.78 is 1.78. The second kappa shape index (κ2) is 6.89. The highest BCUT2D eigenvalue weighted by molar-refractivity contribution is 14.1. The van der Waals surface area contributed by atoms with Crippen molar-refractivity contribution in [2.45, 2.75) is 31.7 Å². The molecule has 0 unspecified atom stereocenters. The third-order valence-corrected chi connectivity index (χ3v) is 5.02. The third kappa shape index (κ3) is 3.94. The quantitative estimate of drug-likeness (QED) is 0.692. The topological polar surface area (TPSA) is 66.4 Å². The Kier molecular flexibility index (Phi) is 5.42. The number of amides is 1. The number of nitrogens with one attached hydrogen (secondary N) is 1. The number of aliphatic carboxylic acids is 1. The number of hydrogen-bond donors (Lipinski definition) is 2. The first-order valence-electron chi connectivity index (χ1n) is 6.46. The van der Waals surface area contributed by atoms with E-state index in [4.69, 9.17) is 5.11 Å². The van der Waals surface area contributed by atoms with Crippen molar-refractivity contribution in [3.05, 3.63) is 31.8 Å². The highest BCUT2D eigenvalue weighted by Gasteiger charge is 2.27. The molecule has 4 nitrogen and oxygen atoms in total. The Balaban J connectivity index is 1.96. The molecule has 0 spiro atoms. The molecule has 0 aromatic heterocycles. The maximum Gasteiger partial charge on any atom is 0.306 e. The molecule has 2 N–H and O–H groups in total. The minimum absolute atomic E-state index is 0.0767. The Morgan fingerprint density at radius 1 is 1.25 bits per heavy atom. The Hall–Kier alpha value is -0.630. The predicted octanol–water partition coefficient (Wildman–Crippen LogP) is 3.43. The van der Waals surface area contributed by atoms with Gasteiger partial charge in [-0.05, 0) is 66.5 Å². The average Bonchev–Trinajstić information content (AvgIpc) is 2.42. The van der Waals surface area contributed by atoms with Crippen LogP contribution in [0.4, 0.5) is 0 Å². The zero-order valence-corrected chi connectivity index (χ0v) is 14.5. The van der Waals surface area contributed by atoms with Crippen LogP contribution in [0.25, 0.3) is 0 Å². The SMILES string of the molecule is O=C(NC1CCC(C(=O)O)CC1)c1cc(Br)ccc1I. The summed E-state index contributed by atoms with van der Waals surface area (Å²) in [4.78, 5) is 23.1. The Morgan fingerprint density at radius 3 is 2.50 bits per heavy atom. The first-order chi connectivity index (χ1) is 9.47. The first kappa shape index (κ1) is 15.8. The lowest BCUT2D eigenvalue weighted by molar-refractivity contribution is -0.142. The van der Waals surface area contributed by atoms with Crippen LogP contribution in [-0.2, 0) is 4.79 Å². The molecular weight excluding hydrogens is 437 g/mol. The average molecular weight is 452 g/mol. The Morgan fingerprint density at radius 2 is 1.90 bits per heavy atom. The molecule has 1 amide bonds. The van der Waals surface area contributed by atoms with Gasteiger partial charge in [0.1, 0.15) is 0 Å². The number of carbonyl (C=O) groups excluding carboxylic acids is 1. The second-order valence-corrected chi connectivity index (χ2v) is 7.06. The van der Waals surface area contributed by atoms with Gasteiger partial charge >= 0.3 is 5.97 Å². The summed E-state index contributed by atoms with van der Waals surface area (Å²) in [5.41, 5.74) is 0.653. The zero-order chi connectivity index (χ0) is 14.7. The van der Waals surface area contributed by atoms with E-state index in [2.05, 4.69) is 43.8 Å². The largest absolute Gasteiger partial charge is 0.481 e. The fourth-order valence-corrected chi connectivity index (χ4v) is 3.36. The molecule has 1 aromatic rings. The van der Waals surface area contributed by atoms with E-state index < -0.39 is 5.97 Å². The molecule has 6 heteroatoms. The maximum atomic E-state index is 12.2. The van der Waals surface area contributed by atoms with Crippen LogP contribution < -0.4 is 5.32 Å². The summed E-state index contributed by atoms with van der Waals surface area (Å²) in [5, 5.41) is 12.0. The first-order valence-corrected chi connectivity index (χ1v) is 8.33. The van der Waals surface area contributed by atoms with Gasteiger partial charge in [-0.2, -0.15) is 0 Å². The lowest BCUT2D eigenvalue weighted by Gasteiger charge is -2.27. The van der Waals surface area contributed by atoms with Crippen LogP contribution >= 0.6 is 38.5 Å². The normalized spacial score (nSPS) is 22.3. The molecule has 1 aliphatic carbocycles. The number of benzene rings is 1. The summed E-state index contributed by atoms with van der Waals surface area (Å²) >= 11 is 5.50. The summed E-state index contributed by atoms with van der Waals surface area (Å²) in [6.07, 6.45) is 2.73. The molecule has 1 aromatic carbocycles. The van der Waals surface area contributed by atoms with E-state index in [1.165, 1.54) is 0 Å². The van der Waals surface area contributed by atoms with E-state index in [9.17, 15) is 9.59 Å². The maximum absolute atomic E-state index is 12.2. The van der Waals surface area contributed by atoms with Gasteiger partial charge in [-0.3, -0.25) is 9.59 Å². The minimum atomic E-state index is -0.726. The molecule has 108 valence electrons. The number of carboxylic acid groups (broad SMARTS) is 1. The van der Waals surface area contributed by atoms with Crippen molar-refractivity contribution in [3.8, 4) is 0 Å². The highest BCUT2D eigenvalue weighted by atomic mass is 127.